The second-order valence-electron chi connectivity index (χ2n) is 6.87. The van der Waals surface area contributed by atoms with Crippen molar-refractivity contribution in [3.8, 4) is 0 Å². The molecule has 0 spiro atoms. The van der Waals surface area contributed by atoms with Gasteiger partial charge in [-0.3, -0.25) is 9.78 Å². The van der Waals surface area contributed by atoms with E-state index in [-0.39, 0.29) is 19.1 Å². The van der Waals surface area contributed by atoms with Gasteiger partial charge < -0.3 is 15.0 Å². The van der Waals surface area contributed by atoms with Crippen LogP contribution in [0.15, 0.2) is 54.9 Å². The third-order valence-corrected chi connectivity index (χ3v) is 5.25. The summed E-state index contributed by atoms with van der Waals surface area (Å²) in [4.78, 5) is 31.3. The molecule has 0 radical (unpaired) electrons. The minimum Gasteiger partial charge on any atom is -0.450 e. The zero-order valence-corrected chi connectivity index (χ0v) is 16.6. The topological polar surface area (TPSA) is 71.5 Å². The van der Waals surface area contributed by atoms with E-state index in [1.54, 1.807) is 36.4 Å². The first-order chi connectivity index (χ1) is 14.1. The molecule has 1 unspecified atom stereocenters. The fourth-order valence-electron chi connectivity index (χ4n) is 3.64. The molecule has 1 aliphatic heterocycles. The predicted octanol–water partition coefficient (Wildman–Crippen LogP) is 4.58. The van der Waals surface area contributed by atoms with E-state index in [9.17, 15) is 9.59 Å². The monoisotopic (exact) mass is 409 g/mol. The van der Waals surface area contributed by atoms with E-state index >= 15 is 0 Å². The molecule has 0 saturated carbocycles. The zero-order chi connectivity index (χ0) is 20.4. The number of nitrogens with zero attached hydrogens (tertiary/aromatic N) is 2. The minimum atomic E-state index is -0.569. The number of pyridine rings is 1. The molecule has 1 N–H and O–H groups in total. The highest BCUT2D eigenvalue weighted by Crippen LogP contribution is 2.32. The molecule has 1 atom stereocenters. The van der Waals surface area contributed by atoms with Crippen LogP contribution < -0.4 is 5.32 Å². The lowest BCUT2D eigenvalue weighted by atomic mass is 9.89. The van der Waals surface area contributed by atoms with Crippen molar-refractivity contribution in [2.75, 3.05) is 18.5 Å². The molecule has 1 aliphatic rings. The summed E-state index contributed by atoms with van der Waals surface area (Å²) >= 11 is 6.19. The predicted molar refractivity (Wildman–Crippen MR) is 112 cm³/mol. The molecule has 7 heteroatoms. The first-order valence-corrected chi connectivity index (χ1v) is 9.78. The van der Waals surface area contributed by atoms with Gasteiger partial charge in [0, 0.05) is 35.1 Å². The molecular formula is C22H20ClN3O3. The molecule has 3 aromatic rings. The number of carbonyl (C=O) groups excluding carboxylic acids is 2. The summed E-state index contributed by atoms with van der Waals surface area (Å²) in [6, 6.07) is 13.1. The van der Waals surface area contributed by atoms with Crippen LogP contribution in [-0.4, -0.2) is 35.0 Å². The molecule has 2 heterocycles. The van der Waals surface area contributed by atoms with Crippen molar-refractivity contribution in [3.05, 3.63) is 71.0 Å². The smallest absolute Gasteiger partial charge is 0.410 e. The first kappa shape index (κ1) is 19.2. The van der Waals surface area contributed by atoms with Crippen LogP contribution >= 0.6 is 11.6 Å². The Labute approximate surface area is 173 Å². The maximum atomic E-state index is 13.3. The molecule has 1 aromatic heterocycles. The number of benzene rings is 2. The van der Waals surface area contributed by atoms with Gasteiger partial charge in [0.25, 0.3) is 0 Å². The standard InChI is InChI=1S/C22H20ClN3O3/c1-2-29-22(28)26-12-15-7-8-16(23)9-18(15)19(13-26)21(27)25-20-11-24-10-14-5-3-4-6-17(14)20/h3-11,19H,2,12-13H2,1H3,(H,25,27). The van der Waals surface area contributed by atoms with E-state index in [2.05, 4.69) is 10.3 Å². The van der Waals surface area contributed by atoms with Gasteiger partial charge in [-0.15, -0.1) is 0 Å². The Hall–Kier alpha value is -3.12. The quantitative estimate of drug-likeness (QED) is 0.687. The van der Waals surface area contributed by atoms with Crippen LogP contribution in [0.3, 0.4) is 0 Å². The number of anilines is 1. The summed E-state index contributed by atoms with van der Waals surface area (Å²) < 4.78 is 5.14. The van der Waals surface area contributed by atoms with Gasteiger partial charge in [0.1, 0.15) is 0 Å². The zero-order valence-electron chi connectivity index (χ0n) is 15.9. The molecular weight excluding hydrogens is 390 g/mol. The summed E-state index contributed by atoms with van der Waals surface area (Å²) in [6.07, 6.45) is 2.95. The van der Waals surface area contributed by atoms with Crippen LogP contribution in [-0.2, 0) is 16.1 Å². The van der Waals surface area contributed by atoms with Crippen molar-refractivity contribution in [2.45, 2.75) is 19.4 Å². The van der Waals surface area contributed by atoms with Gasteiger partial charge in [-0.2, -0.15) is 0 Å². The number of amides is 2. The minimum absolute atomic E-state index is 0.218. The summed E-state index contributed by atoms with van der Waals surface area (Å²) in [7, 11) is 0. The van der Waals surface area contributed by atoms with Gasteiger partial charge in [-0.05, 0) is 30.2 Å². The van der Waals surface area contributed by atoms with E-state index in [4.69, 9.17) is 16.3 Å². The van der Waals surface area contributed by atoms with Gasteiger partial charge in [-0.1, -0.05) is 41.9 Å². The van der Waals surface area contributed by atoms with Crippen LogP contribution in [0.4, 0.5) is 10.5 Å². The Bertz CT molecular complexity index is 1080. The molecule has 6 nitrogen and oxygen atoms in total. The molecule has 2 amide bonds. The number of nitrogens with one attached hydrogen (secondary N) is 1. The van der Waals surface area contributed by atoms with Crippen molar-refractivity contribution < 1.29 is 14.3 Å². The van der Waals surface area contributed by atoms with Crippen LogP contribution in [0.1, 0.15) is 24.0 Å². The number of fused-ring (bicyclic) bond motifs is 2. The maximum Gasteiger partial charge on any atom is 0.410 e. The Balaban J connectivity index is 1.67. The Morgan fingerprint density at radius 3 is 2.90 bits per heavy atom. The number of hydrogen-bond acceptors (Lipinski definition) is 4. The van der Waals surface area contributed by atoms with E-state index < -0.39 is 12.0 Å². The van der Waals surface area contributed by atoms with Crippen LogP contribution in [0.5, 0.6) is 0 Å². The fourth-order valence-corrected chi connectivity index (χ4v) is 3.82. The molecule has 2 aromatic carbocycles. The highest BCUT2D eigenvalue weighted by Gasteiger charge is 2.33. The summed E-state index contributed by atoms with van der Waals surface area (Å²) in [6.45, 7) is 2.63. The van der Waals surface area contributed by atoms with Crippen LogP contribution in [0, 0.1) is 0 Å². The van der Waals surface area contributed by atoms with Gasteiger partial charge in [0.15, 0.2) is 0 Å². The van der Waals surface area contributed by atoms with Crippen molar-refractivity contribution in [3.63, 3.8) is 0 Å². The van der Waals surface area contributed by atoms with Crippen LogP contribution in [0.2, 0.25) is 5.02 Å². The Morgan fingerprint density at radius 2 is 2.07 bits per heavy atom. The third kappa shape index (κ3) is 3.89. The van der Waals surface area contributed by atoms with E-state index in [1.807, 2.05) is 30.3 Å². The molecule has 148 valence electrons. The number of hydrogen-bond donors (Lipinski definition) is 1. The average molecular weight is 410 g/mol. The summed E-state index contributed by atoms with van der Waals surface area (Å²) in [5.41, 5.74) is 2.33. The van der Waals surface area contributed by atoms with Crippen molar-refractivity contribution >= 4 is 40.1 Å². The van der Waals surface area contributed by atoms with E-state index in [1.165, 1.54) is 0 Å². The van der Waals surface area contributed by atoms with Gasteiger partial charge >= 0.3 is 6.09 Å². The number of aromatic nitrogens is 1. The number of carbonyl (C=O) groups is 2. The van der Waals surface area contributed by atoms with Gasteiger partial charge in [0.05, 0.1) is 24.4 Å². The molecule has 0 saturated heterocycles. The molecule has 4 rings (SSSR count). The second-order valence-corrected chi connectivity index (χ2v) is 7.31. The lowest BCUT2D eigenvalue weighted by Gasteiger charge is -2.33. The Morgan fingerprint density at radius 1 is 1.24 bits per heavy atom. The lowest BCUT2D eigenvalue weighted by Crippen LogP contribution is -2.42. The average Bonchev–Trinajstić information content (AvgIpc) is 2.73. The van der Waals surface area contributed by atoms with E-state index in [0.717, 1.165) is 21.9 Å². The van der Waals surface area contributed by atoms with Crippen molar-refractivity contribution in [1.82, 2.24) is 9.88 Å². The van der Waals surface area contributed by atoms with Crippen molar-refractivity contribution in [1.29, 1.82) is 0 Å². The SMILES string of the molecule is CCOC(=O)N1Cc2ccc(Cl)cc2C(C(=O)Nc2cncc3ccccc23)C1. The fraction of sp³-hybridized carbons (Fsp3) is 0.227. The number of halogens is 1. The normalized spacial score (nSPS) is 15.7. The summed E-state index contributed by atoms with van der Waals surface area (Å²) in [5, 5.41) is 5.38. The highest BCUT2D eigenvalue weighted by molar-refractivity contribution is 6.30. The first-order valence-electron chi connectivity index (χ1n) is 9.40. The molecule has 0 fully saturated rings. The van der Waals surface area contributed by atoms with E-state index in [0.29, 0.717) is 17.3 Å². The lowest BCUT2D eigenvalue weighted by molar-refractivity contribution is -0.118. The highest BCUT2D eigenvalue weighted by atomic mass is 35.5. The van der Waals surface area contributed by atoms with Gasteiger partial charge in [-0.25, -0.2) is 4.79 Å². The molecule has 0 aliphatic carbocycles. The Kier molecular flexibility index (Phi) is 5.36. The van der Waals surface area contributed by atoms with Crippen LogP contribution in [0.25, 0.3) is 10.8 Å². The maximum absolute atomic E-state index is 13.3. The second kappa shape index (κ2) is 8.09. The molecule has 29 heavy (non-hydrogen) atoms. The third-order valence-electron chi connectivity index (χ3n) is 5.02. The number of rotatable bonds is 3. The van der Waals surface area contributed by atoms with Gasteiger partial charge in [0.2, 0.25) is 5.91 Å². The molecule has 0 bridgehead atoms. The number of ether oxygens (including phenoxy) is 1. The largest absolute Gasteiger partial charge is 0.450 e. The van der Waals surface area contributed by atoms with Crippen molar-refractivity contribution in [2.24, 2.45) is 0 Å². The summed E-state index contributed by atoms with van der Waals surface area (Å²) in [5.74, 6) is -0.790.